The fourth-order valence-electron chi connectivity index (χ4n) is 1.51. The highest BCUT2D eigenvalue weighted by molar-refractivity contribution is 6.42. The largest absolute Gasteiger partial charge is 0.389 e. The number of benzene rings is 1. The molecule has 0 radical (unpaired) electrons. The van der Waals surface area contributed by atoms with E-state index in [0.29, 0.717) is 15.6 Å². The van der Waals surface area contributed by atoms with Crippen molar-refractivity contribution in [1.29, 1.82) is 0 Å². The molecule has 0 aliphatic heterocycles. The normalized spacial score (nSPS) is 13.8. The third-order valence-electron chi connectivity index (χ3n) is 2.41. The molecule has 96 valence electrons. The van der Waals surface area contributed by atoms with Crippen LogP contribution < -0.4 is 5.32 Å². The smallest absolute Gasteiger partial charge is 0.313 e. The lowest BCUT2D eigenvalue weighted by molar-refractivity contribution is -0.136. The van der Waals surface area contributed by atoms with Crippen molar-refractivity contribution in [2.24, 2.45) is 0 Å². The first-order valence-corrected chi connectivity index (χ1v) is 5.78. The van der Waals surface area contributed by atoms with Gasteiger partial charge in [-0.2, -0.15) is 13.2 Å². The van der Waals surface area contributed by atoms with Gasteiger partial charge in [0.25, 0.3) is 0 Å². The van der Waals surface area contributed by atoms with E-state index < -0.39 is 12.6 Å². The van der Waals surface area contributed by atoms with Crippen LogP contribution in [0.1, 0.15) is 24.4 Å². The lowest BCUT2D eigenvalue weighted by Crippen LogP contribution is -2.19. The SMILES string of the molecule is CNC(CCC(F)(F)F)c1ccc(Cl)c(Cl)c1. The van der Waals surface area contributed by atoms with Gasteiger partial charge in [0.2, 0.25) is 0 Å². The molecule has 0 bridgehead atoms. The highest BCUT2D eigenvalue weighted by atomic mass is 35.5. The van der Waals surface area contributed by atoms with Gasteiger partial charge < -0.3 is 5.32 Å². The predicted molar refractivity (Wildman–Crippen MR) is 63.6 cm³/mol. The number of rotatable bonds is 4. The van der Waals surface area contributed by atoms with E-state index in [1.165, 1.54) is 0 Å². The number of hydrogen-bond acceptors (Lipinski definition) is 1. The zero-order valence-electron chi connectivity index (χ0n) is 9.11. The van der Waals surface area contributed by atoms with Crippen molar-refractivity contribution >= 4 is 23.2 Å². The lowest BCUT2D eigenvalue weighted by Gasteiger charge is -2.18. The Hall–Kier alpha value is -0.450. The number of alkyl halides is 3. The van der Waals surface area contributed by atoms with Gasteiger partial charge in [-0.3, -0.25) is 0 Å². The molecule has 0 heterocycles. The van der Waals surface area contributed by atoms with E-state index >= 15 is 0 Å². The Kier molecular flexibility index (Phi) is 5.10. The van der Waals surface area contributed by atoms with Gasteiger partial charge in [-0.05, 0) is 31.2 Å². The van der Waals surface area contributed by atoms with E-state index in [1.54, 1.807) is 25.2 Å². The molecule has 0 saturated carbocycles. The summed E-state index contributed by atoms with van der Waals surface area (Å²) >= 11 is 11.6. The van der Waals surface area contributed by atoms with Crippen molar-refractivity contribution in [3.8, 4) is 0 Å². The van der Waals surface area contributed by atoms with E-state index in [1.807, 2.05) is 0 Å². The molecule has 1 atom stereocenters. The van der Waals surface area contributed by atoms with Gasteiger partial charge in [0.05, 0.1) is 10.0 Å². The van der Waals surface area contributed by atoms with Crippen molar-refractivity contribution in [3.05, 3.63) is 33.8 Å². The Labute approximate surface area is 108 Å². The minimum Gasteiger partial charge on any atom is -0.313 e. The molecule has 1 rings (SSSR count). The highest BCUT2D eigenvalue weighted by Crippen LogP contribution is 2.30. The van der Waals surface area contributed by atoms with Crippen LogP contribution in [0.3, 0.4) is 0 Å². The molecule has 1 aromatic rings. The van der Waals surface area contributed by atoms with Crippen LogP contribution in [-0.2, 0) is 0 Å². The summed E-state index contributed by atoms with van der Waals surface area (Å²) in [5.41, 5.74) is 0.700. The van der Waals surface area contributed by atoms with E-state index in [4.69, 9.17) is 23.2 Å². The van der Waals surface area contributed by atoms with Crippen LogP contribution in [0.2, 0.25) is 10.0 Å². The minimum atomic E-state index is -4.15. The van der Waals surface area contributed by atoms with Gasteiger partial charge in [0.1, 0.15) is 0 Å². The Morgan fingerprint density at radius 2 is 1.88 bits per heavy atom. The molecule has 0 aliphatic carbocycles. The molecule has 1 nitrogen and oxygen atoms in total. The summed E-state index contributed by atoms with van der Waals surface area (Å²) in [4.78, 5) is 0. The second kappa shape index (κ2) is 5.94. The van der Waals surface area contributed by atoms with Gasteiger partial charge in [-0.1, -0.05) is 29.3 Å². The van der Waals surface area contributed by atoms with Gasteiger partial charge in [-0.15, -0.1) is 0 Å². The summed E-state index contributed by atoms with van der Waals surface area (Å²) in [6, 6.07) is 4.45. The van der Waals surface area contributed by atoms with E-state index in [0.717, 1.165) is 0 Å². The molecule has 6 heteroatoms. The molecular formula is C11H12Cl2F3N. The van der Waals surface area contributed by atoms with Crippen LogP contribution in [0.5, 0.6) is 0 Å². The van der Waals surface area contributed by atoms with Gasteiger partial charge in [0, 0.05) is 12.5 Å². The average Bonchev–Trinajstić information content (AvgIpc) is 2.22. The summed E-state index contributed by atoms with van der Waals surface area (Å²) in [7, 11) is 1.61. The minimum absolute atomic E-state index is 0.0298. The fraction of sp³-hybridized carbons (Fsp3) is 0.455. The second-order valence-electron chi connectivity index (χ2n) is 3.67. The van der Waals surface area contributed by atoms with Crippen molar-refractivity contribution in [3.63, 3.8) is 0 Å². The summed E-state index contributed by atoms with van der Waals surface area (Å²) in [6.07, 6.45) is -5.01. The van der Waals surface area contributed by atoms with Crippen molar-refractivity contribution in [2.45, 2.75) is 25.1 Å². The molecule has 0 saturated heterocycles. The predicted octanol–water partition coefficient (Wildman–Crippen LogP) is 4.60. The van der Waals surface area contributed by atoms with Gasteiger partial charge in [-0.25, -0.2) is 0 Å². The maximum Gasteiger partial charge on any atom is 0.389 e. The van der Waals surface area contributed by atoms with Crippen LogP contribution >= 0.6 is 23.2 Å². The first-order valence-electron chi connectivity index (χ1n) is 5.02. The summed E-state index contributed by atoms with van der Waals surface area (Å²) < 4.78 is 36.4. The maximum absolute atomic E-state index is 12.1. The number of hydrogen-bond donors (Lipinski definition) is 1. The van der Waals surface area contributed by atoms with E-state index in [-0.39, 0.29) is 12.5 Å². The Morgan fingerprint density at radius 3 is 2.35 bits per heavy atom. The van der Waals surface area contributed by atoms with Crippen molar-refractivity contribution < 1.29 is 13.2 Å². The average molecular weight is 286 g/mol. The molecule has 0 amide bonds. The maximum atomic E-state index is 12.1. The Bertz CT molecular complexity index is 379. The molecule has 1 N–H and O–H groups in total. The van der Waals surface area contributed by atoms with Crippen molar-refractivity contribution in [1.82, 2.24) is 5.32 Å². The summed E-state index contributed by atoms with van der Waals surface area (Å²) in [5.74, 6) is 0. The Morgan fingerprint density at radius 1 is 1.24 bits per heavy atom. The highest BCUT2D eigenvalue weighted by Gasteiger charge is 2.28. The van der Waals surface area contributed by atoms with E-state index in [2.05, 4.69) is 5.32 Å². The fourth-order valence-corrected chi connectivity index (χ4v) is 1.82. The first kappa shape index (κ1) is 14.6. The number of nitrogens with one attached hydrogen (secondary N) is 1. The lowest BCUT2D eigenvalue weighted by atomic mass is 10.0. The molecule has 0 spiro atoms. The molecule has 0 fully saturated rings. The second-order valence-corrected chi connectivity index (χ2v) is 4.48. The van der Waals surface area contributed by atoms with Crippen LogP contribution in [-0.4, -0.2) is 13.2 Å². The third-order valence-corrected chi connectivity index (χ3v) is 3.15. The van der Waals surface area contributed by atoms with Crippen LogP contribution in [0.4, 0.5) is 13.2 Å². The number of halogens is 5. The molecule has 0 aliphatic rings. The molecule has 0 aromatic heterocycles. The third kappa shape index (κ3) is 4.74. The topological polar surface area (TPSA) is 12.0 Å². The zero-order valence-corrected chi connectivity index (χ0v) is 10.6. The van der Waals surface area contributed by atoms with E-state index in [9.17, 15) is 13.2 Å². The van der Waals surface area contributed by atoms with Gasteiger partial charge in [0.15, 0.2) is 0 Å². The van der Waals surface area contributed by atoms with Crippen LogP contribution in [0.15, 0.2) is 18.2 Å². The first-order chi connectivity index (χ1) is 7.83. The van der Waals surface area contributed by atoms with Crippen molar-refractivity contribution in [2.75, 3.05) is 7.05 Å². The summed E-state index contributed by atoms with van der Waals surface area (Å²) in [6.45, 7) is 0. The van der Waals surface area contributed by atoms with Crippen LogP contribution in [0.25, 0.3) is 0 Å². The molecule has 1 aromatic carbocycles. The molecule has 17 heavy (non-hydrogen) atoms. The standard InChI is InChI=1S/C11H12Cl2F3N/c1-17-10(4-5-11(14,15)16)7-2-3-8(12)9(13)6-7/h2-3,6,10,17H,4-5H2,1H3. The monoisotopic (exact) mass is 285 g/mol. The zero-order chi connectivity index (χ0) is 13.1. The molecular weight excluding hydrogens is 274 g/mol. The van der Waals surface area contributed by atoms with Crippen LogP contribution in [0, 0.1) is 0 Å². The quantitative estimate of drug-likeness (QED) is 0.853. The molecule has 1 unspecified atom stereocenters. The summed E-state index contributed by atoms with van der Waals surface area (Å²) in [5, 5.41) is 3.57. The Balaban J connectivity index is 2.76. The van der Waals surface area contributed by atoms with Gasteiger partial charge >= 0.3 is 6.18 Å².